The van der Waals surface area contributed by atoms with Crippen molar-refractivity contribution in [2.75, 3.05) is 47.8 Å². The Morgan fingerprint density at radius 1 is 1.05 bits per heavy atom. The molecule has 7 nitrogen and oxygen atoms in total. The van der Waals surface area contributed by atoms with Crippen LogP contribution in [0.1, 0.15) is 76.2 Å². The van der Waals surface area contributed by atoms with E-state index in [1.54, 1.807) is 20.2 Å². The molecule has 42 heavy (non-hydrogen) atoms. The fraction of sp³-hybridized carbons (Fsp3) is 0.485. The summed E-state index contributed by atoms with van der Waals surface area (Å²) in [7, 11) is 6.78. The number of allylic oxidation sites excluding steroid dienone is 6. The Bertz CT molecular complexity index is 1090. The molecular formula is C33H53F2N5O2. The number of nitrogens with two attached hydrogens (primary N) is 1. The first-order valence-electron chi connectivity index (χ1n) is 14.7. The first kappa shape index (κ1) is 38.6. The van der Waals surface area contributed by atoms with E-state index >= 15 is 0 Å². The highest BCUT2D eigenvalue weighted by Crippen LogP contribution is 2.33. The molecule has 4 N–H and O–H groups in total. The van der Waals surface area contributed by atoms with Gasteiger partial charge in [-0.25, -0.2) is 8.78 Å². The van der Waals surface area contributed by atoms with Crippen molar-refractivity contribution in [2.45, 2.75) is 60.3 Å². The van der Waals surface area contributed by atoms with E-state index < -0.39 is 17.5 Å². The van der Waals surface area contributed by atoms with Gasteiger partial charge in [0.25, 0.3) is 5.91 Å². The van der Waals surface area contributed by atoms with Crippen molar-refractivity contribution in [1.29, 1.82) is 0 Å². The minimum atomic E-state index is -0.644. The summed E-state index contributed by atoms with van der Waals surface area (Å²) >= 11 is 0. The minimum absolute atomic E-state index is 0.0275. The summed E-state index contributed by atoms with van der Waals surface area (Å²) in [5.74, 6) is 3.18. The first-order valence-corrected chi connectivity index (χ1v) is 14.7. The number of carbonyl (C=O) groups excluding carboxylic acids is 1. The molecule has 1 aliphatic heterocycles. The third-order valence-corrected chi connectivity index (χ3v) is 6.47. The van der Waals surface area contributed by atoms with Crippen LogP contribution in [0, 0.1) is 11.6 Å². The lowest BCUT2D eigenvalue weighted by molar-refractivity contribution is 0.0826. The molecule has 0 radical (unpaired) electrons. The van der Waals surface area contributed by atoms with E-state index in [2.05, 4.69) is 33.4 Å². The quantitative estimate of drug-likeness (QED) is 0.157. The molecule has 1 aromatic carbocycles. The van der Waals surface area contributed by atoms with Crippen LogP contribution in [0.2, 0.25) is 0 Å². The Labute approximate surface area is 252 Å². The molecule has 0 unspecified atom stereocenters. The molecule has 1 saturated heterocycles. The normalized spacial score (nSPS) is 15.4. The topological polar surface area (TPSA) is 82.9 Å². The lowest BCUT2D eigenvalue weighted by Gasteiger charge is -2.32. The fourth-order valence-electron chi connectivity index (χ4n) is 4.54. The molecule has 1 aromatic rings. The van der Waals surface area contributed by atoms with E-state index in [1.165, 1.54) is 16.7 Å². The van der Waals surface area contributed by atoms with Crippen molar-refractivity contribution in [2.24, 2.45) is 5.90 Å². The number of benzene rings is 1. The van der Waals surface area contributed by atoms with Gasteiger partial charge in [-0.3, -0.25) is 9.69 Å². The van der Waals surface area contributed by atoms with Crippen LogP contribution in [-0.2, 0) is 4.84 Å². The second-order valence-electron chi connectivity index (χ2n) is 9.64. The van der Waals surface area contributed by atoms with Crippen molar-refractivity contribution in [1.82, 2.24) is 20.4 Å². The van der Waals surface area contributed by atoms with E-state index in [9.17, 15) is 13.6 Å². The standard InChI is InChI=1S/C29H41F2N5O2.2C2H6/c1-20(15-21(2)23(7-11-33-3)16-25(34-4)10-14-38-32)19-36-12-8-22(9-13-36)28-26(30)17-24(18-27(28)31)29(37)35(5)6;2*1-2/h7,10-11,14-18,22,33-34H,8-9,12-13,19,32H2,1-6H3;2*1-2H3/b11-7-,14-10-,20-15+,23-21-,25-16+;;. The zero-order chi connectivity index (χ0) is 32.2. The lowest BCUT2D eigenvalue weighted by Crippen LogP contribution is -2.34. The Hall–Kier alpha value is -3.43. The van der Waals surface area contributed by atoms with Gasteiger partial charge in [-0.1, -0.05) is 39.3 Å². The van der Waals surface area contributed by atoms with E-state index in [0.29, 0.717) is 12.8 Å². The molecule has 0 spiro atoms. The zero-order valence-corrected chi connectivity index (χ0v) is 27.3. The molecule has 1 amide bonds. The molecule has 236 valence electrons. The smallest absolute Gasteiger partial charge is 0.253 e. The third kappa shape index (κ3) is 12.6. The van der Waals surface area contributed by atoms with Crippen LogP contribution in [-0.4, -0.2) is 63.5 Å². The van der Waals surface area contributed by atoms with E-state index in [4.69, 9.17) is 5.90 Å². The molecule has 1 heterocycles. The van der Waals surface area contributed by atoms with Crippen LogP contribution in [0.15, 0.2) is 71.3 Å². The van der Waals surface area contributed by atoms with Gasteiger partial charge in [0.15, 0.2) is 0 Å². The molecule has 0 atom stereocenters. The summed E-state index contributed by atoms with van der Waals surface area (Å²) < 4.78 is 29.7. The Kier molecular flexibility index (Phi) is 19.6. The molecule has 0 aliphatic carbocycles. The van der Waals surface area contributed by atoms with Gasteiger partial charge in [0.05, 0.1) is 0 Å². The number of hydrogen-bond donors (Lipinski definition) is 3. The van der Waals surface area contributed by atoms with E-state index in [0.717, 1.165) is 48.6 Å². The average Bonchev–Trinajstić information content (AvgIpc) is 2.98. The lowest BCUT2D eigenvalue weighted by atomic mass is 9.87. The summed E-state index contributed by atoms with van der Waals surface area (Å²) in [4.78, 5) is 20.3. The summed E-state index contributed by atoms with van der Waals surface area (Å²) in [6.45, 7) is 14.4. The predicted octanol–water partition coefficient (Wildman–Crippen LogP) is 6.40. The van der Waals surface area contributed by atoms with Crippen molar-refractivity contribution in [3.05, 3.63) is 94.1 Å². The average molecular weight is 590 g/mol. The highest BCUT2D eigenvalue weighted by atomic mass is 19.1. The maximum absolute atomic E-state index is 14.8. The number of nitrogens with one attached hydrogen (secondary N) is 2. The SMILES string of the molecule is CC.CC.CN\C=C/C(/C=C(\C=C/ON)NC)=C(C)/C=C(\C)CN1CCC(c2c(F)cc(C(=O)N(C)C)cc2F)CC1. The second kappa shape index (κ2) is 21.3. The van der Waals surface area contributed by atoms with Gasteiger partial charge >= 0.3 is 0 Å². The highest BCUT2D eigenvalue weighted by molar-refractivity contribution is 5.94. The number of halogens is 2. The zero-order valence-electron chi connectivity index (χ0n) is 27.3. The number of rotatable bonds is 11. The second-order valence-corrected chi connectivity index (χ2v) is 9.64. The van der Waals surface area contributed by atoms with Crippen LogP contribution >= 0.6 is 0 Å². The van der Waals surface area contributed by atoms with E-state index in [1.807, 2.05) is 67.1 Å². The van der Waals surface area contributed by atoms with Gasteiger partial charge in [0, 0.05) is 51.6 Å². The van der Waals surface area contributed by atoms with Crippen molar-refractivity contribution >= 4 is 5.91 Å². The first-order chi connectivity index (χ1) is 20.1. The van der Waals surface area contributed by atoms with Crippen molar-refractivity contribution in [3.8, 4) is 0 Å². The molecule has 0 aromatic heterocycles. The molecule has 2 rings (SSSR count). The Balaban J connectivity index is 0.00000402. The molecular weight excluding hydrogens is 536 g/mol. The molecule has 1 fully saturated rings. The monoisotopic (exact) mass is 589 g/mol. The maximum atomic E-state index is 14.8. The van der Waals surface area contributed by atoms with Crippen LogP contribution in [0.4, 0.5) is 8.78 Å². The number of likely N-dealkylation sites (N-methyl/N-ethyl adjacent to an activating group) is 1. The summed E-state index contributed by atoms with van der Waals surface area (Å²) in [5, 5.41) is 6.12. The van der Waals surface area contributed by atoms with Crippen LogP contribution in [0.3, 0.4) is 0 Å². The van der Waals surface area contributed by atoms with Crippen LogP contribution in [0.25, 0.3) is 0 Å². The predicted molar refractivity (Wildman–Crippen MR) is 172 cm³/mol. The minimum Gasteiger partial charge on any atom is -0.419 e. The number of carbonyl (C=O) groups is 1. The van der Waals surface area contributed by atoms with E-state index in [-0.39, 0.29) is 17.0 Å². The highest BCUT2D eigenvalue weighted by Gasteiger charge is 2.27. The van der Waals surface area contributed by atoms with Gasteiger partial charge in [0.2, 0.25) is 0 Å². The van der Waals surface area contributed by atoms with Crippen LogP contribution < -0.4 is 16.5 Å². The van der Waals surface area contributed by atoms with Gasteiger partial charge in [0.1, 0.15) is 17.9 Å². The van der Waals surface area contributed by atoms with Gasteiger partial charge in [-0.15, -0.1) is 0 Å². The molecule has 1 aliphatic rings. The number of amides is 1. The van der Waals surface area contributed by atoms with Crippen molar-refractivity contribution < 1.29 is 18.4 Å². The molecule has 0 saturated carbocycles. The number of hydrogen-bond acceptors (Lipinski definition) is 6. The third-order valence-electron chi connectivity index (χ3n) is 6.47. The van der Waals surface area contributed by atoms with Gasteiger partial charge in [-0.05, 0) is 93.4 Å². The summed E-state index contributed by atoms with van der Waals surface area (Å²) in [6.07, 6.45) is 12.4. The number of nitrogens with zero attached hydrogens (tertiary/aromatic N) is 2. The van der Waals surface area contributed by atoms with Crippen LogP contribution in [0.5, 0.6) is 0 Å². The van der Waals surface area contributed by atoms with Gasteiger partial charge in [-0.2, -0.15) is 5.90 Å². The largest absolute Gasteiger partial charge is 0.419 e. The summed E-state index contributed by atoms with van der Waals surface area (Å²) in [5.41, 5.74) is 4.21. The Morgan fingerprint density at radius 2 is 1.62 bits per heavy atom. The Morgan fingerprint density at radius 3 is 2.10 bits per heavy atom. The fourth-order valence-corrected chi connectivity index (χ4v) is 4.54. The molecule has 0 bridgehead atoms. The number of likely N-dealkylation sites (tertiary alicyclic amines) is 1. The number of piperidine rings is 1. The molecule has 9 heteroatoms. The summed E-state index contributed by atoms with van der Waals surface area (Å²) in [6, 6.07) is 2.31. The van der Waals surface area contributed by atoms with Crippen molar-refractivity contribution in [3.63, 3.8) is 0 Å². The maximum Gasteiger partial charge on any atom is 0.253 e. The van der Waals surface area contributed by atoms with Gasteiger partial charge < -0.3 is 20.4 Å².